The molecule has 3 rings (SSSR count). The number of ketones is 1. The van der Waals surface area contributed by atoms with Gasteiger partial charge in [-0.15, -0.1) is 0 Å². The molecule has 0 saturated heterocycles. The molecule has 96 valence electrons. The summed E-state index contributed by atoms with van der Waals surface area (Å²) >= 11 is 0. The third-order valence-electron chi connectivity index (χ3n) is 3.22. The number of hydrogen-bond donors (Lipinski definition) is 2. The molecule has 0 aliphatic carbocycles. The van der Waals surface area contributed by atoms with Crippen molar-refractivity contribution in [2.24, 2.45) is 0 Å². The van der Waals surface area contributed by atoms with E-state index in [2.05, 4.69) is 0 Å². The Balaban J connectivity index is 2.13. The van der Waals surface area contributed by atoms with Crippen LogP contribution in [0.2, 0.25) is 0 Å². The highest BCUT2D eigenvalue weighted by Crippen LogP contribution is 2.37. The van der Waals surface area contributed by atoms with Gasteiger partial charge in [-0.2, -0.15) is 0 Å². The van der Waals surface area contributed by atoms with Crippen molar-refractivity contribution >= 4 is 5.78 Å². The molecule has 2 aromatic rings. The van der Waals surface area contributed by atoms with Gasteiger partial charge in [0.25, 0.3) is 5.79 Å². The van der Waals surface area contributed by atoms with Gasteiger partial charge in [0.05, 0.1) is 5.56 Å². The van der Waals surface area contributed by atoms with Crippen molar-refractivity contribution in [1.82, 2.24) is 0 Å². The van der Waals surface area contributed by atoms with Crippen LogP contribution in [0.1, 0.15) is 15.9 Å². The molecule has 4 heteroatoms. The van der Waals surface area contributed by atoms with Crippen LogP contribution in [0.4, 0.5) is 0 Å². The summed E-state index contributed by atoms with van der Waals surface area (Å²) in [5.74, 6) is -2.33. The minimum absolute atomic E-state index is 0.268. The van der Waals surface area contributed by atoms with E-state index in [-0.39, 0.29) is 11.3 Å². The Morgan fingerprint density at radius 2 is 1.63 bits per heavy atom. The van der Waals surface area contributed by atoms with E-state index in [4.69, 9.17) is 4.74 Å². The summed E-state index contributed by atoms with van der Waals surface area (Å²) in [5.41, 5.74) is 0.612. The maximum atomic E-state index is 12.1. The number of aliphatic hydroxyl groups is 2. The summed E-state index contributed by atoms with van der Waals surface area (Å²) in [6.45, 7) is 0. The summed E-state index contributed by atoms with van der Waals surface area (Å²) in [4.78, 5) is 12.1. The van der Waals surface area contributed by atoms with E-state index in [1.807, 2.05) is 0 Å². The standard InChI is InChI=1S/C15H12O4/c16-13-11-8-4-5-9-12(11)19-15(18,14(13)17)10-6-2-1-3-7-10/h1-9,14,17-18H. The van der Waals surface area contributed by atoms with Crippen LogP contribution in [0.25, 0.3) is 0 Å². The van der Waals surface area contributed by atoms with Crippen molar-refractivity contribution in [2.75, 3.05) is 0 Å². The largest absolute Gasteiger partial charge is 0.454 e. The van der Waals surface area contributed by atoms with E-state index >= 15 is 0 Å². The van der Waals surface area contributed by atoms with Crippen molar-refractivity contribution in [3.8, 4) is 5.75 Å². The average molecular weight is 256 g/mol. The third-order valence-corrected chi connectivity index (χ3v) is 3.22. The first-order valence-corrected chi connectivity index (χ1v) is 5.91. The van der Waals surface area contributed by atoms with E-state index in [1.54, 1.807) is 54.6 Å². The lowest BCUT2D eigenvalue weighted by molar-refractivity contribution is -0.203. The molecule has 0 radical (unpaired) electrons. The van der Waals surface area contributed by atoms with Gasteiger partial charge in [0.2, 0.25) is 5.78 Å². The summed E-state index contributed by atoms with van der Waals surface area (Å²) in [6, 6.07) is 14.9. The van der Waals surface area contributed by atoms with Gasteiger partial charge >= 0.3 is 0 Å². The fourth-order valence-corrected chi connectivity index (χ4v) is 2.20. The highest BCUT2D eigenvalue weighted by atomic mass is 16.6. The maximum absolute atomic E-state index is 12.1. The van der Waals surface area contributed by atoms with Crippen molar-refractivity contribution in [3.05, 3.63) is 65.7 Å². The Hall–Kier alpha value is -2.17. The SMILES string of the molecule is O=C1c2ccccc2OC(O)(c2ccccc2)C1O. The molecule has 0 aromatic heterocycles. The first-order valence-electron chi connectivity index (χ1n) is 5.91. The first kappa shape index (κ1) is 11.9. The summed E-state index contributed by atoms with van der Waals surface area (Å²) < 4.78 is 5.47. The number of benzene rings is 2. The van der Waals surface area contributed by atoms with E-state index in [1.165, 1.54) is 0 Å². The van der Waals surface area contributed by atoms with Crippen LogP contribution in [-0.4, -0.2) is 22.1 Å². The number of rotatable bonds is 1. The molecule has 2 unspecified atom stereocenters. The molecule has 0 spiro atoms. The van der Waals surface area contributed by atoms with Crippen molar-refractivity contribution in [3.63, 3.8) is 0 Å². The Kier molecular flexibility index (Phi) is 2.62. The van der Waals surface area contributed by atoms with Gasteiger partial charge in [-0.1, -0.05) is 42.5 Å². The molecule has 2 N–H and O–H groups in total. The van der Waals surface area contributed by atoms with Gasteiger partial charge in [0.1, 0.15) is 5.75 Å². The maximum Gasteiger partial charge on any atom is 0.268 e. The van der Waals surface area contributed by atoms with Crippen molar-refractivity contribution in [1.29, 1.82) is 0 Å². The molecule has 1 aliphatic rings. The van der Waals surface area contributed by atoms with E-state index < -0.39 is 17.7 Å². The van der Waals surface area contributed by atoms with Crippen LogP contribution < -0.4 is 4.74 Å². The second-order valence-electron chi connectivity index (χ2n) is 4.43. The lowest BCUT2D eigenvalue weighted by Gasteiger charge is -2.37. The Morgan fingerprint density at radius 3 is 2.37 bits per heavy atom. The minimum atomic E-state index is -2.05. The summed E-state index contributed by atoms with van der Waals surface area (Å²) in [6.07, 6.45) is -1.65. The fraction of sp³-hybridized carbons (Fsp3) is 0.133. The van der Waals surface area contributed by atoms with Gasteiger partial charge in [0, 0.05) is 5.56 Å². The molecule has 4 nitrogen and oxygen atoms in total. The van der Waals surface area contributed by atoms with Crippen LogP contribution in [0.15, 0.2) is 54.6 Å². The van der Waals surface area contributed by atoms with Crippen LogP contribution in [0, 0.1) is 0 Å². The average Bonchev–Trinajstić information content (AvgIpc) is 2.46. The molecule has 0 fully saturated rings. The smallest absolute Gasteiger partial charge is 0.268 e. The number of aliphatic hydroxyl groups excluding tert-OH is 1. The van der Waals surface area contributed by atoms with Crippen LogP contribution >= 0.6 is 0 Å². The summed E-state index contributed by atoms with van der Waals surface area (Å²) in [5, 5.41) is 20.6. The van der Waals surface area contributed by atoms with E-state index in [0.29, 0.717) is 5.56 Å². The zero-order valence-corrected chi connectivity index (χ0v) is 9.98. The number of para-hydroxylation sites is 1. The normalized spacial score (nSPS) is 25.6. The molecule has 19 heavy (non-hydrogen) atoms. The predicted octanol–water partition coefficient (Wildman–Crippen LogP) is 1.47. The Bertz CT molecular complexity index is 623. The zero-order chi connectivity index (χ0) is 13.5. The van der Waals surface area contributed by atoms with Gasteiger partial charge in [-0.05, 0) is 12.1 Å². The molecule has 0 saturated carbocycles. The minimum Gasteiger partial charge on any atom is -0.454 e. The van der Waals surface area contributed by atoms with Crippen molar-refractivity contribution in [2.45, 2.75) is 11.9 Å². The van der Waals surface area contributed by atoms with E-state index in [0.717, 1.165) is 0 Å². The molecule has 0 amide bonds. The van der Waals surface area contributed by atoms with Crippen molar-refractivity contribution < 1.29 is 19.7 Å². The number of fused-ring (bicyclic) bond motifs is 1. The van der Waals surface area contributed by atoms with Gasteiger partial charge in [-0.25, -0.2) is 0 Å². The van der Waals surface area contributed by atoms with Gasteiger partial charge < -0.3 is 14.9 Å². The predicted molar refractivity (Wildman–Crippen MR) is 67.7 cm³/mol. The number of carbonyl (C=O) groups is 1. The van der Waals surface area contributed by atoms with Gasteiger partial charge in [0.15, 0.2) is 6.10 Å². The molecule has 0 bridgehead atoms. The lowest BCUT2D eigenvalue weighted by Crippen LogP contribution is -2.52. The zero-order valence-electron chi connectivity index (χ0n) is 9.98. The van der Waals surface area contributed by atoms with Crippen LogP contribution in [0.5, 0.6) is 5.75 Å². The monoisotopic (exact) mass is 256 g/mol. The van der Waals surface area contributed by atoms with Crippen LogP contribution in [0.3, 0.4) is 0 Å². The lowest BCUT2D eigenvalue weighted by atomic mass is 9.90. The first-order chi connectivity index (χ1) is 9.13. The van der Waals surface area contributed by atoms with E-state index in [9.17, 15) is 15.0 Å². The number of ether oxygens (including phenoxy) is 1. The number of hydrogen-bond acceptors (Lipinski definition) is 4. The second-order valence-corrected chi connectivity index (χ2v) is 4.43. The quantitative estimate of drug-likeness (QED) is 0.810. The molecule has 1 aliphatic heterocycles. The van der Waals surface area contributed by atoms with Crippen LogP contribution in [-0.2, 0) is 5.79 Å². The summed E-state index contributed by atoms with van der Waals surface area (Å²) in [7, 11) is 0. The fourth-order valence-electron chi connectivity index (χ4n) is 2.20. The molecule has 2 aromatic carbocycles. The molecular formula is C15H12O4. The highest BCUT2D eigenvalue weighted by molar-refractivity contribution is 6.03. The molecular weight excluding hydrogens is 244 g/mol. The van der Waals surface area contributed by atoms with Gasteiger partial charge in [-0.3, -0.25) is 4.79 Å². The Morgan fingerprint density at radius 1 is 1.00 bits per heavy atom. The Labute approximate surface area is 109 Å². The topological polar surface area (TPSA) is 66.8 Å². The third kappa shape index (κ3) is 1.73. The number of Topliss-reactive ketones (excluding diaryl/α,β-unsaturated/α-hetero) is 1. The molecule has 2 atom stereocenters. The molecule has 1 heterocycles. The highest BCUT2D eigenvalue weighted by Gasteiger charge is 2.49. The number of carbonyl (C=O) groups excluding carboxylic acids is 1. The second kappa shape index (κ2) is 4.19.